The average molecular weight is 213 g/mol. The zero-order valence-electron chi connectivity index (χ0n) is 9.53. The van der Waals surface area contributed by atoms with Gasteiger partial charge in [0.1, 0.15) is 11.5 Å². The van der Waals surface area contributed by atoms with Crippen molar-refractivity contribution in [1.82, 2.24) is 0 Å². The Morgan fingerprint density at radius 2 is 1.81 bits per heavy atom. The zero-order valence-corrected chi connectivity index (χ0v) is 9.53. The molecule has 0 bridgehead atoms. The van der Waals surface area contributed by atoms with E-state index in [4.69, 9.17) is 4.74 Å². The predicted octanol–water partition coefficient (Wildman–Crippen LogP) is 3.83. The van der Waals surface area contributed by atoms with Crippen LogP contribution in [0.5, 0.6) is 11.5 Å². The second-order valence-electron chi connectivity index (χ2n) is 3.66. The third-order valence-electron chi connectivity index (χ3n) is 2.37. The molecule has 2 aromatic rings. The number of benzene rings is 2. The normalized spacial score (nSPS) is 9.88. The maximum atomic E-state index is 5.82. The summed E-state index contributed by atoms with van der Waals surface area (Å²) < 4.78 is 5.82. The highest BCUT2D eigenvalue weighted by atomic mass is 16.5. The standard InChI is InChI=1S/C14H15NO/c1-11-6-5-7-12(10-11)16-14-9-4-3-8-13(14)15-2/h3-10,15H,1-2H3. The van der Waals surface area contributed by atoms with Gasteiger partial charge in [0.05, 0.1) is 5.69 Å². The van der Waals surface area contributed by atoms with Crippen LogP contribution in [0.3, 0.4) is 0 Å². The molecule has 1 N–H and O–H groups in total. The van der Waals surface area contributed by atoms with E-state index in [1.165, 1.54) is 5.56 Å². The molecule has 0 aromatic heterocycles. The van der Waals surface area contributed by atoms with Gasteiger partial charge in [-0.3, -0.25) is 0 Å². The Bertz CT molecular complexity index is 480. The number of ether oxygens (including phenoxy) is 1. The Labute approximate surface area is 95.9 Å². The van der Waals surface area contributed by atoms with Crippen LogP contribution in [0.1, 0.15) is 5.56 Å². The summed E-state index contributed by atoms with van der Waals surface area (Å²) in [4.78, 5) is 0. The van der Waals surface area contributed by atoms with Crippen molar-refractivity contribution in [3.63, 3.8) is 0 Å². The molecule has 82 valence electrons. The maximum Gasteiger partial charge on any atom is 0.150 e. The van der Waals surface area contributed by atoms with Crippen molar-refractivity contribution < 1.29 is 4.74 Å². The van der Waals surface area contributed by atoms with Gasteiger partial charge in [-0.15, -0.1) is 0 Å². The third-order valence-corrected chi connectivity index (χ3v) is 2.37. The van der Waals surface area contributed by atoms with E-state index in [1.807, 2.05) is 49.5 Å². The van der Waals surface area contributed by atoms with Crippen LogP contribution in [0.4, 0.5) is 5.69 Å². The molecule has 0 radical (unpaired) electrons. The molecular formula is C14H15NO. The number of aryl methyl sites for hydroxylation is 1. The first-order valence-electron chi connectivity index (χ1n) is 5.31. The van der Waals surface area contributed by atoms with Crippen LogP contribution in [0.2, 0.25) is 0 Å². The smallest absolute Gasteiger partial charge is 0.150 e. The van der Waals surface area contributed by atoms with Crippen molar-refractivity contribution in [2.24, 2.45) is 0 Å². The van der Waals surface area contributed by atoms with Gasteiger partial charge in [-0.2, -0.15) is 0 Å². The summed E-state index contributed by atoms with van der Waals surface area (Å²) in [5.41, 5.74) is 2.18. The van der Waals surface area contributed by atoms with E-state index in [-0.39, 0.29) is 0 Å². The minimum Gasteiger partial charge on any atom is -0.455 e. The van der Waals surface area contributed by atoms with E-state index >= 15 is 0 Å². The lowest BCUT2D eigenvalue weighted by atomic mass is 10.2. The van der Waals surface area contributed by atoms with E-state index in [0.29, 0.717) is 0 Å². The fourth-order valence-corrected chi connectivity index (χ4v) is 1.57. The van der Waals surface area contributed by atoms with Gasteiger partial charge in [-0.1, -0.05) is 24.3 Å². The number of hydrogen-bond donors (Lipinski definition) is 1. The van der Waals surface area contributed by atoms with Crippen molar-refractivity contribution >= 4 is 5.69 Å². The van der Waals surface area contributed by atoms with Gasteiger partial charge in [0.25, 0.3) is 0 Å². The fraction of sp³-hybridized carbons (Fsp3) is 0.143. The van der Waals surface area contributed by atoms with E-state index in [1.54, 1.807) is 0 Å². The molecule has 0 atom stereocenters. The van der Waals surface area contributed by atoms with Crippen molar-refractivity contribution in [3.8, 4) is 11.5 Å². The van der Waals surface area contributed by atoms with Gasteiger partial charge in [0.2, 0.25) is 0 Å². The highest BCUT2D eigenvalue weighted by molar-refractivity contribution is 5.57. The molecule has 0 heterocycles. The van der Waals surface area contributed by atoms with E-state index in [9.17, 15) is 0 Å². The van der Waals surface area contributed by atoms with Crippen LogP contribution >= 0.6 is 0 Å². The summed E-state index contributed by atoms with van der Waals surface area (Å²) in [6.07, 6.45) is 0. The Balaban J connectivity index is 2.26. The number of anilines is 1. The summed E-state index contributed by atoms with van der Waals surface area (Å²) in [6.45, 7) is 2.05. The van der Waals surface area contributed by atoms with Crippen LogP contribution in [0.15, 0.2) is 48.5 Å². The van der Waals surface area contributed by atoms with Crippen LogP contribution in [-0.2, 0) is 0 Å². The second kappa shape index (κ2) is 4.71. The van der Waals surface area contributed by atoms with E-state index in [2.05, 4.69) is 18.3 Å². The molecule has 0 aliphatic rings. The number of hydrogen-bond acceptors (Lipinski definition) is 2. The monoisotopic (exact) mass is 213 g/mol. The van der Waals surface area contributed by atoms with Gasteiger partial charge < -0.3 is 10.1 Å². The minimum absolute atomic E-state index is 0.843. The maximum absolute atomic E-state index is 5.82. The molecule has 0 unspecified atom stereocenters. The zero-order chi connectivity index (χ0) is 11.4. The first-order valence-corrected chi connectivity index (χ1v) is 5.31. The van der Waals surface area contributed by atoms with Crippen molar-refractivity contribution in [2.45, 2.75) is 6.92 Å². The molecule has 2 rings (SSSR count). The average Bonchev–Trinajstić information content (AvgIpc) is 2.30. The summed E-state index contributed by atoms with van der Waals surface area (Å²) in [6, 6.07) is 15.9. The number of para-hydroxylation sites is 2. The first kappa shape index (κ1) is 10.6. The Morgan fingerprint density at radius 1 is 1.00 bits per heavy atom. The van der Waals surface area contributed by atoms with Crippen molar-refractivity contribution in [3.05, 3.63) is 54.1 Å². The Kier molecular flexibility index (Phi) is 3.10. The molecule has 0 saturated carbocycles. The number of nitrogens with one attached hydrogen (secondary N) is 1. The van der Waals surface area contributed by atoms with Gasteiger partial charge in [0, 0.05) is 7.05 Å². The first-order chi connectivity index (χ1) is 7.79. The summed E-state index contributed by atoms with van der Waals surface area (Å²) in [5, 5.41) is 3.11. The Morgan fingerprint density at radius 3 is 2.56 bits per heavy atom. The molecule has 2 nitrogen and oxygen atoms in total. The van der Waals surface area contributed by atoms with Crippen LogP contribution in [0.25, 0.3) is 0 Å². The molecule has 0 aliphatic heterocycles. The van der Waals surface area contributed by atoms with Crippen molar-refractivity contribution in [2.75, 3.05) is 12.4 Å². The van der Waals surface area contributed by atoms with Gasteiger partial charge in [0.15, 0.2) is 0 Å². The van der Waals surface area contributed by atoms with E-state index < -0.39 is 0 Å². The molecule has 0 saturated heterocycles. The molecule has 0 aliphatic carbocycles. The van der Waals surface area contributed by atoms with Gasteiger partial charge in [-0.05, 0) is 36.8 Å². The summed E-state index contributed by atoms with van der Waals surface area (Å²) in [7, 11) is 1.89. The predicted molar refractivity (Wildman–Crippen MR) is 67.2 cm³/mol. The van der Waals surface area contributed by atoms with Gasteiger partial charge >= 0.3 is 0 Å². The third kappa shape index (κ3) is 2.34. The highest BCUT2D eigenvalue weighted by Crippen LogP contribution is 2.28. The molecule has 0 spiro atoms. The summed E-state index contributed by atoms with van der Waals surface area (Å²) in [5.74, 6) is 1.71. The van der Waals surface area contributed by atoms with Crippen molar-refractivity contribution in [1.29, 1.82) is 0 Å². The Hall–Kier alpha value is -1.96. The number of rotatable bonds is 3. The lowest BCUT2D eigenvalue weighted by molar-refractivity contribution is 0.484. The summed E-state index contributed by atoms with van der Waals surface area (Å²) >= 11 is 0. The van der Waals surface area contributed by atoms with Gasteiger partial charge in [-0.25, -0.2) is 0 Å². The molecule has 0 amide bonds. The molecule has 0 fully saturated rings. The van der Waals surface area contributed by atoms with Crippen LogP contribution < -0.4 is 10.1 Å². The van der Waals surface area contributed by atoms with Crippen LogP contribution in [-0.4, -0.2) is 7.05 Å². The molecule has 16 heavy (non-hydrogen) atoms. The minimum atomic E-state index is 0.843. The SMILES string of the molecule is CNc1ccccc1Oc1cccc(C)c1. The largest absolute Gasteiger partial charge is 0.455 e. The quantitative estimate of drug-likeness (QED) is 0.836. The van der Waals surface area contributed by atoms with Crippen LogP contribution in [0, 0.1) is 6.92 Å². The fourth-order valence-electron chi connectivity index (χ4n) is 1.57. The van der Waals surface area contributed by atoms with E-state index in [0.717, 1.165) is 17.2 Å². The topological polar surface area (TPSA) is 21.3 Å². The molecule has 2 heteroatoms. The second-order valence-corrected chi connectivity index (χ2v) is 3.66. The lowest BCUT2D eigenvalue weighted by Gasteiger charge is -2.10. The molecular weight excluding hydrogens is 198 g/mol. The molecule has 2 aromatic carbocycles. The lowest BCUT2D eigenvalue weighted by Crippen LogP contribution is -1.92. The highest BCUT2D eigenvalue weighted by Gasteiger charge is 2.02.